The molecule has 4 rings (SSSR count). The van der Waals surface area contributed by atoms with Gasteiger partial charge in [-0.15, -0.1) is 0 Å². The summed E-state index contributed by atoms with van der Waals surface area (Å²) in [7, 11) is 0. The minimum atomic E-state index is -4.40. The minimum absolute atomic E-state index is 0.0751. The molecule has 13 heteroatoms. The average molecular weight is 506 g/mol. The number of alkyl halides is 3. The number of rotatable bonds is 6. The summed E-state index contributed by atoms with van der Waals surface area (Å²) in [6.07, 6.45) is -4.40. The van der Waals surface area contributed by atoms with Crippen molar-refractivity contribution in [3.05, 3.63) is 73.9 Å². The number of aryl methyl sites for hydroxylation is 2. The normalized spacial score (nSPS) is 14.9. The zero-order chi connectivity index (χ0) is 26.2. The number of benzene rings is 1. The predicted molar refractivity (Wildman–Crippen MR) is 121 cm³/mol. The first kappa shape index (κ1) is 25.4. The summed E-state index contributed by atoms with van der Waals surface area (Å²) < 4.78 is 45.7. The van der Waals surface area contributed by atoms with Crippen LogP contribution in [-0.2, 0) is 19.3 Å². The van der Waals surface area contributed by atoms with Gasteiger partial charge in [-0.05, 0) is 32.4 Å². The van der Waals surface area contributed by atoms with Gasteiger partial charge >= 0.3 is 11.9 Å². The van der Waals surface area contributed by atoms with Crippen LogP contribution in [0, 0.1) is 30.9 Å². The van der Waals surface area contributed by atoms with Crippen molar-refractivity contribution in [1.29, 1.82) is 0 Å². The van der Waals surface area contributed by atoms with E-state index in [-0.39, 0.29) is 29.5 Å². The van der Waals surface area contributed by atoms with Crippen LogP contribution < -0.4 is 0 Å². The minimum Gasteiger partial charge on any atom is -0.361 e. The Hall–Kier alpha value is -3.74. The van der Waals surface area contributed by atoms with Crippen molar-refractivity contribution >= 4 is 11.6 Å². The molecule has 0 atom stereocenters. The maximum absolute atomic E-state index is 13.2. The van der Waals surface area contributed by atoms with E-state index in [9.17, 15) is 28.1 Å². The topological polar surface area (TPSA) is 111 Å². The van der Waals surface area contributed by atoms with Crippen molar-refractivity contribution < 1.29 is 27.4 Å². The smallest absolute Gasteiger partial charge is 0.361 e. The highest BCUT2D eigenvalue weighted by Crippen LogP contribution is 2.30. The van der Waals surface area contributed by atoms with E-state index in [2.05, 4.69) is 10.3 Å². The van der Waals surface area contributed by atoms with Crippen molar-refractivity contribution in [2.45, 2.75) is 40.0 Å². The first-order valence-corrected chi connectivity index (χ1v) is 11.3. The summed E-state index contributed by atoms with van der Waals surface area (Å²) in [5, 5.41) is 19.5. The molecule has 0 spiro atoms. The highest BCUT2D eigenvalue weighted by molar-refractivity contribution is 5.94. The fraction of sp³-hybridized carbons (Fsp3) is 0.435. The van der Waals surface area contributed by atoms with Crippen LogP contribution >= 0.6 is 0 Å². The van der Waals surface area contributed by atoms with Crippen LogP contribution in [0.5, 0.6) is 0 Å². The van der Waals surface area contributed by atoms with Gasteiger partial charge in [-0.3, -0.25) is 24.5 Å². The first-order chi connectivity index (χ1) is 17.0. The number of nitrogens with zero attached hydrogens (tertiary/aromatic N) is 6. The Morgan fingerprint density at radius 3 is 2.44 bits per heavy atom. The number of aromatic nitrogens is 3. The van der Waals surface area contributed by atoms with E-state index in [0.717, 1.165) is 12.1 Å². The molecule has 0 unspecified atom stereocenters. The van der Waals surface area contributed by atoms with Crippen LogP contribution in [0.25, 0.3) is 0 Å². The Kier molecular flexibility index (Phi) is 6.85. The van der Waals surface area contributed by atoms with Gasteiger partial charge in [0, 0.05) is 38.3 Å². The SMILES string of the molecule is Cc1nn(Cc2c(C(=O)N3CCN(Cc4cccc(C(F)(F)F)c4)CC3)noc2C)c(C)c1[N+](=O)[O-]. The molecule has 1 saturated heterocycles. The molecule has 1 fully saturated rings. The summed E-state index contributed by atoms with van der Waals surface area (Å²) in [6, 6.07) is 5.23. The lowest BCUT2D eigenvalue weighted by Gasteiger charge is -2.34. The van der Waals surface area contributed by atoms with Crippen LogP contribution in [0.15, 0.2) is 28.8 Å². The lowest BCUT2D eigenvalue weighted by Crippen LogP contribution is -2.48. The van der Waals surface area contributed by atoms with E-state index in [1.54, 1.807) is 31.7 Å². The molecule has 3 aromatic rings. The molecule has 10 nitrogen and oxygen atoms in total. The number of carbonyl (C=O) groups is 1. The van der Waals surface area contributed by atoms with Crippen LogP contribution in [-0.4, -0.2) is 61.7 Å². The fourth-order valence-corrected chi connectivity index (χ4v) is 4.36. The van der Waals surface area contributed by atoms with E-state index in [0.29, 0.717) is 55.3 Å². The van der Waals surface area contributed by atoms with Crippen molar-refractivity contribution in [1.82, 2.24) is 24.7 Å². The van der Waals surface area contributed by atoms with Crippen LogP contribution in [0.3, 0.4) is 0 Å². The summed E-state index contributed by atoms with van der Waals surface area (Å²) >= 11 is 0. The number of amides is 1. The summed E-state index contributed by atoms with van der Waals surface area (Å²) in [4.78, 5) is 27.7. The van der Waals surface area contributed by atoms with E-state index in [1.807, 2.05) is 4.90 Å². The second-order valence-corrected chi connectivity index (χ2v) is 8.77. The standard InChI is InChI=1S/C23H25F3N6O4/c1-14-21(32(34)35)15(2)31(27-14)13-19-16(3)36-28-20(19)22(33)30-9-7-29(8-10-30)12-17-5-4-6-18(11-17)23(24,25)26/h4-6,11H,7-10,12-13H2,1-3H3. The van der Waals surface area contributed by atoms with Crippen molar-refractivity contribution in [3.63, 3.8) is 0 Å². The lowest BCUT2D eigenvalue weighted by atomic mass is 10.1. The van der Waals surface area contributed by atoms with E-state index >= 15 is 0 Å². The predicted octanol–water partition coefficient (Wildman–Crippen LogP) is 3.73. The van der Waals surface area contributed by atoms with Crippen LogP contribution in [0.2, 0.25) is 0 Å². The lowest BCUT2D eigenvalue weighted by molar-refractivity contribution is -0.386. The van der Waals surface area contributed by atoms with Gasteiger partial charge < -0.3 is 9.42 Å². The average Bonchev–Trinajstić information content (AvgIpc) is 3.32. The van der Waals surface area contributed by atoms with E-state index in [4.69, 9.17) is 4.52 Å². The monoisotopic (exact) mass is 506 g/mol. The third kappa shape index (κ3) is 5.10. The molecular weight excluding hydrogens is 481 g/mol. The molecule has 3 heterocycles. The molecule has 36 heavy (non-hydrogen) atoms. The van der Waals surface area contributed by atoms with Gasteiger partial charge in [-0.25, -0.2) is 0 Å². The Labute approximate surface area is 204 Å². The molecule has 0 aliphatic carbocycles. The fourth-order valence-electron chi connectivity index (χ4n) is 4.36. The van der Waals surface area contributed by atoms with Gasteiger partial charge in [-0.1, -0.05) is 23.4 Å². The number of piperazine rings is 1. The largest absolute Gasteiger partial charge is 0.416 e. The summed E-state index contributed by atoms with van der Waals surface area (Å²) in [6.45, 7) is 6.94. The second kappa shape index (κ2) is 9.72. The Bertz CT molecular complexity index is 1290. The van der Waals surface area contributed by atoms with Gasteiger partial charge in [0.15, 0.2) is 5.69 Å². The number of hydrogen-bond acceptors (Lipinski definition) is 7. The molecule has 1 amide bonds. The van der Waals surface area contributed by atoms with Crippen molar-refractivity contribution in [2.75, 3.05) is 26.2 Å². The van der Waals surface area contributed by atoms with Crippen molar-refractivity contribution in [3.8, 4) is 0 Å². The highest BCUT2D eigenvalue weighted by Gasteiger charge is 2.32. The van der Waals surface area contributed by atoms with Crippen LogP contribution in [0.4, 0.5) is 18.9 Å². The molecule has 2 aromatic heterocycles. The summed E-state index contributed by atoms with van der Waals surface area (Å²) in [5.41, 5.74) is 1.04. The molecular formula is C23H25F3N6O4. The number of nitro groups is 1. The first-order valence-electron chi connectivity index (χ1n) is 11.3. The Morgan fingerprint density at radius 2 is 1.83 bits per heavy atom. The maximum atomic E-state index is 13.2. The quantitative estimate of drug-likeness (QED) is 0.370. The van der Waals surface area contributed by atoms with E-state index in [1.165, 1.54) is 10.7 Å². The Morgan fingerprint density at radius 1 is 1.14 bits per heavy atom. The molecule has 0 bridgehead atoms. The number of hydrogen-bond donors (Lipinski definition) is 0. The zero-order valence-electron chi connectivity index (χ0n) is 20.0. The van der Waals surface area contributed by atoms with Crippen molar-refractivity contribution in [2.24, 2.45) is 0 Å². The number of halogens is 3. The van der Waals surface area contributed by atoms with Gasteiger partial charge in [-0.2, -0.15) is 18.3 Å². The van der Waals surface area contributed by atoms with Gasteiger partial charge in [0.1, 0.15) is 17.1 Å². The Balaban J connectivity index is 1.43. The molecule has 0 saturated carbocycles. The van der Waals surface area contributed by atoms with Gasteiger partial charge in [0.25, 0.3) is 5.91 Å². The number of carbonyl (C=O) groups excluding carboxylic acids is 1. The molecule has 0 N–H and O–H groups in total. The molecule has 1 aromatic carbocycles. The van der Waals surface area contributed by atoms with Gasteiger partial charge in [0.2, 0.25) is 0 Å². The molecule has 192 valence electrons. The third-order valence-electron chi connectivity index (χ3n) is 6.34. The second-order valence-electron chi connectivity index (χ2n) is 8.77. The van der Waals surface area contributed by atoms with E-state index < -0.39 is 16.7 Å². The van der Waals surface area contributed by atoms with Crippen LogP contribution in [0.1, 0.15) is 44.3 Å². The maximum Gasteiger partial charge on any atom is 0.416 e. The zero-order valence-corrected chi connectivity index (χ0v) is 20.0. The molecule has 1 aliphatic heterocycles. The third-order valence-corrected chi connectivity index (χ3v) is 6.34. The molecule has 1 aliphatic rings. The summed E-state index contributed by atoms with van der Waals surface area (Å²) in [5.74, 6) is 0.0772. The highest BCUT2D eigenvalue weighted by atomic mass is 19.4. The molecule has 0 radical (unpaired) electrons. The van der Waals surface area contributed by atoms with Gasteiger partial charge in [0.05, 0.1) is 17.0 Å².